The summed E-state index contributed by atoms with van der Waals surface area (Å²) >= 11 is 0. The van der Waals surface area contributed by atoms with E-state index in [0.717, 1.165) is 18.0 Å². The van der Waals surface area contributed by atoms with Gasteiger partial charge in [0.05, 0.1) is 12.5 Å². The minimum Gasteiger partial charge on any atom is -0.506 e. The third-order valence-electron chi connectivity index (χ3n) is 3.87. The summed E-state index contributed by atoms with van der Waals surface area (Å²) in [5, 5.41) is 19.6. The fourth-order valence-corrected chi connectivity index (χ4v) is 4.27. The molecule has 0 amide bonds. The SMILES string of the molecule is Cc1ccc(Cc2ccc(N3C=C(O)NS3(=O)=O)c(O)c2)c(OS(C)(=O)=O)c1. The van der Waals surface area contributed by atoms with Crippen molar-refractivity contribution in [2.75, 3.05) is 10.6 Å². The third kappa shape index (κ3) is 4.31. The van der Waals surface area contributed by atoms with Crippen LogP contribution in [0.3, 0.4) is 0 Å². The highest BCUT2D eigenvalue weighted by Crippen LogP contribution is 2.34. The van der Waals surface area contributed by atoms with E-state index in [-0.39, 0.29) is 23.6 Å². The Balaban J connectivity index is 1.92. The smallest absolute Gasteiger partial charge is 0.330 e. The lowest BCUT2D eigenvalue weighted by Crippen LogP contribution is -2.29. The predicted molar refractivity (Wildman–Crippen MR) is 103 cm³/mol. The topological polar surface area (TPSA) is 133 Å². The molecule has 0 aromatic heterocycles. The van der Waals surface area contributed by atoms with Crippen LogP contribution >= 0.6 is 0 Å². The van der Waals surface area contributed by atoms with Crippen LogP contribution in [0.5, 0.6) is 11.5 Å². The number of aliphatic hydroxyl groups is 1. The van der Waals surface area contributed by atoms with Crippen molar-refractivity contribution < 1.29 is 31.2 Å². The van der Waals surface area contributed by atoms with Crippen LogP contribution in [0.1, 0.15) is 16.7 Å². The highest BCUT2D eigenvalue weighted by Gasteiger charge is 2.30. The molecule has 0 unspecified atom stereocenters. The first-order chi connectivity index (χ1) is 12.9. The van der Waals surface area contributed by atoms with Crippen LogP contribution in [0, 0.1) is 6.92 Å². The van der Waals surface area contributed by atoms with Gasteiger partial charge in [0, 0.05) is 12.0 Å². The Morgan fingerprint density at radius 2 is 1.86 bits per heavy atom. The minimum absolute atomic E-state index is 0.0446. The van der Waals surface area contributed by atoms with E-state index in [2.05, 4.69) is 0 Å². The second kappa shape index (κ2) is 6.91. The quantitative estimate of drug-likeness (QED) is 0.619. The lowest BCUT2D eigenvalue weighted by Gasteiger charge is -2.16. The molecule has 0 spiro atoms. The second-order valence-corrected chi connectivity index (χ2v) is 9.44. The van der Waals surface area contributed by atoms with E-state index in [1.54, 1.807) is 31.2 Å². The van der Waals surface area contributed by atoms with Crippen molar-refractivity contribution in [2.24, 2.45) is 0 Å². The maximum absolute atomic E-state index is 11.9. The van der Waals surface area contributed by atoms with E-state index < -0.39 is 26.2 Å². The number of aryl methyl sites for hydroxylation is 1. The van der Waals surface area contributed by atoms with E-state index in [1.165, 1.54) is 12.1 Å². The van der Waals surface area contributed by atoms with Gasteiger partial charge >= 0.3 is 20.3 Å². The van der Waals surface area contributed by atoms with Gasteiger partial charge in [-0.1, -0.05) is 18.2 Å². The molecule has 28 heavy (non-hydrogen) atoms. The number of anilines is 1. The van der Waals surface area contributed by atoms with Crippen LogP contribution in [0.15, 0.2) is 48.5 Å². The number of phenolic OH excluding ortho intramolecular Hbond substituents is 1. The molecule has 9 nitrogen and oxygen atoms in total. The van der Waals surface area contributed by atoms with Gasteiger partial charge in [-0.25, -0.2) is 9.03 Å². The summed E-state index contributed by atoms with van der Waals surface area (Å²) in [6, 6.07) is 9.44. The highest BCUT2D eigenvalue weighted by molar-refractivity contribution is 7.91. The molecule has 0 saturated heterocycles. The molecular weight excluding hydrogens is 408 g/mol. The molecule has 0 radical (unpaired) electrons. The lowest BCUT2D eigenvalue weighted by atomic mass is 10.0. The fraction of sp³-hybridized carbons (Fsp3) is 0.176. The fourth-order valence-electron chi connectivity index (χ4n) is 2.72. The van der Waals surface area contributed by atoms with E-state index in [9.17, 15) is 27.0 Å². The average Bonchev–Trinajstić information content (AvgIpc) is 2.81. The summed E-state index contributed by atoms with van der Waals surface area (Å²) in [7, 11) is -7.73. The summed E-state index contributed by atoms with van der Waals surface area (Å²) in [4.78, 5) is 0. The zero-order valence-corrected chi connectivity index (χ0v) is 16.6. The molecule has 2 aromatic rings. The highest BCUT2D eigenvalue weighted by atomic mass is 32.2. The zero-order valence-electron chi connectivity index (χ0n) is 14.9. The van der Waals surface area contributed by atoms with Crippen LogP contribution in [0.2, 0.25) is 0 Å². The molecule has 0 atom stereocenters. The summed E-state index contributed by atoms with van der Waals surface area (Å²) in [5.41, 5.74) is 1.95. The van der Waals surface area contributed by atoms with Crippen LogP contribution < -0.4 is 13.2 Å². The van der Waals surface area contributed by atoms with Gasteiger partial charge in [-0.15, -0.1) is 0 Å². The van der Waals surface area contributed by atoms with Crippen LogP contribution in [0.25, 0.3) is 0 Å². The number of nitrogens with zero attached hydrogens (tertiary/aromatic N) is 1. The second-order valence-electron chi connectivity index (χ2n) is 6.32. The third-order valence-corrected chi connectivity index (χ3v) is 5.64. The first kappa shape index (κ1) is 19.8. The standard InChI is InChI=1S/C17H18N2O7S2/c1-11-3-5-13(16(7-11)26-27(2,22)23)8-12-4-6-14(15(20)9-12)19-10-17(21)18-28(19,24)25/h3-7,9-10,18,20-21H,8H2,1-2H3. The van der Waals surface area contributed by atoms with Gasteiger partial charge in [0.15, 0.2) is 0 Å². The maximum atomic E-state index is 11.9. The Kier molecular flexibility index (Phi) is 4.90. The van der Waals surface area contributed by atoms with Gasteiger partial charge in [-0.3, -0.25) is 0 Å². The Labute approximate surface area is 162 Å². The predicted octanol–water partition coefficient (Wildman–Crippen LogP) is 1.64. The molecule has 2 aromatic carbocycles. The minimum atomic E-state index is -4.02. The number of aromatic hydroxyl groups is 1. The molecule has 1 aliphatic rings. The van der Waals surface area contributed by atoms with Crippen LogP contribution in [-0.2, 0) is 26.7 Å². The number of rotatable bonds is 5. The Morgan fingerprint density at radius 1 is 1.14 bits per heavy atom. The lowest BCUT2D eigenvalue weighted by molar-refractivity contribution is 0.392. The van der Waals surface area contributed by atoms with E-state index in [4.69, 9.17) is 4.18 Å². The number of nitrogens with one attached hydrogen (secondary N) is 1. The molecule has 0 saturated carbocycles. The number of phenols is 1. The van der Waals surface area contributed by atoms with Crippen LogP contribution in [0.4, 0.5) is 5.69 Å². The summed E-state index contributed by atoms with van der Waals surface area (Å²) in [6.07, 6.45) is 2.13. The number of benzene rings is 2. The first-order valence-corrected chi connectivity index (χ1v) is 11.2. The molecule has 0 aliphatic carbocycles. The summed E-state index contributed by atoms with van der Waals surface area (Å²) in [5.74, 6) is -0.706. The molecule has 11 heteroatoms. The maximum Gasteiger partial charge on any atom is 0.330 e. The molecule has 3 N–H and O–H groups in total. The van der Waals surface area contributed by atoms with Crippen molar-refractivity contribution in [1.82, 2.24) is 4.72 Å². The molecule has 0 fully saturated rings. The van der Waals surface area contributed by atoms with Crippen molar-refractivity contribution in [3.63, 3.8) is 0 Å². The van der Waals surface area contributed by atoms with Gasteiger partial charge in [0.2, 0.25) is 5.88 Å². The van der Waals surface area contributed by atoms with Crippen LogP contribution in [-0.4, -0.2) is 33.3 Å². The van der Waals surface area contributed by atoms with E-state index >= 15 is 0 Å². The van der Waals surface area contributed by atoms with Crippen molar-refractivity contribution >= 4 is 26.0 Å². The largest absolute Gasteiger partial charge is 0.506 e. The van der Waals surface area contributed by atoms with E-state index in [1.807, 2.05) is 4.72 Å². The number of hydrogen-bond acceptors (Lipinski definition) is 7. The van der Waals surface area contributed by atoms with Crippen molar-refractivity contribution in [3.8, 4) is 11.5 Å². The first-order valence-electron chi connectivity index (χ1n) is 7.98. The molecule has 0 bridgehead atoms. The van der Waals surface area contributed by atoms with Gasteiger partial charge in [-0.05, 0) is 36.2 Å². The van der Waals surface area contributed by atoms with Gasteiger partial charge < -0.3 is 14.4 Å². The Bertz CT molecular complexity index is 1170. The monoisotopic (exact) mass is 426 g/mol. The molecular formula is C17H18N2O7S2. The van der Waals surface area contributed by atoms with Gasteiger partial charge in [0.1, 0.15) is 17.2 Å². The van der Waals surface area contributed by atoms with Crippen molar-refractivity contribution in [3.05, 3.63) is 65.2 Å². The molecule has 1 aliphatic heterocycles. The Morgan fingerprint density at radius 3 is 2.43 bits per heavy atom. The zero-order chi connectivity index (χ0) is 20.7. The number of aliphatic hydroxyl groups excluding tert-OH is 1. The van der Waals surface area contributed by atoms with Gasteiger partial charge in [0.25, 0.3) is 0 Å². The molecule has 1 heterocycles. The van der Waals surface area contributed by atoms with Crippen molar-refractivity contribution in [2.45, 2.75) is 13.3 Å². The summed E-state index contributed by atoms with van der Waals surface area (Å²) in [6.45, 7) is 1.80. The summed E-state index contributed by atoms with van der Waals surface area (Å²) < 4.78 is 54.5. The molecule has 150 valence electrons. The average molecular weight is 426 g/mol. The number of hydrogen-bond donors (Lipinski definition) is 3. The normalized spacial score (nSPS) is 15.8. The van der Waals surface area contributed by atoms with E-state index in [0.29, 0.717) is 15.4 Å². The Hall–Kier alpha value is -2.92. The van der Waals surface area contributed by atoms with Gasteiger partial charge in [-0.2, -0.15) is 16.8 Å². The molecule has 3 rings (SSSR count). The van der Waals surface area contributed by atoms with Crippen molar-refractivity contribution in [1.29, 1.82) is 0 Å².